The number of nitrogens with zero attached hydrogens (tertiary/aromatic N) is 3. The first-order valence-electron chi connectivity index (χ1n) is 7.80. The number of benzene rings is 1. The minimum absolute atomic E-state index is 0.192. The van der Waals surface area contributed by atoms with E-state index in [0.717, 1.165) is 18.5 Å². The standard InChI is InChI=1S/C17H23FN4O2/c1-13-10-20-22(11-13)8-4-7-19-17(23)21(2)12-14-5-6-16(24-3)15(18)9-14/h5-6,9-11H,4,7-8,12H2,1-3H3,(H,19,23). The summed E-state index contributed by atoms with van der Waals surface area (Å²) in [5.41, 5.74) is 1.82. The summed E-state index contributed by atoms with van der Waals surface area (Å²) in [4.78, 5) is 13.6. The zero-order valence-electron chi connectivity index (χ0n) is 14.3. The van der Waals surface area contributed by atoms with Gasteiger partial charge in [-0.3, -0.25) is 4.68 Å². The van der Waals surface area contributed by atoms with Crippen molar-refractivity contribution in [3.8, 4) is 5.75 Å². The van der Waals surface area contributed by atoms with E-state index in [1.54, 1.807) is 25.4 Å². The van der Waals surface area contributed by atoms with E-state index in [-0.39, 0.29) is 11.8 Å². The smallest absolute Gasteiger partial charge is 0.317 e. The van der Waals surface area contributed by atoms with Crippen molar-refractivity contribution >= 4 is 6.03 Å². The summed E-state index contributed by atoms with van der Waals surface area (Å²) in [6.07, 6.45) is 4.56. The first kappa shape index (κ1) is 17.8. The topological polar surface area (TPSA) is 59.4 Å². The van der Waals surface area contributed by atoms with Crippen LogP contribution in [0.2, 0.25) is 0 Å². The monoisotopic (exact) mass is 334 g/mol. The Hall–Kier alpha value is -2.57. The normalized spacial score (nSPS) is 10.5. The highest BCUT2D eigenvalue weighted by molar-refractivity contribution is 5.73. The third kappa shape index (κ3) is 4.97. The van der Waals surface area contributed by atoms with Gasteiger partial charge in [-0.15, -0.1) is 0 Å². The van der Waals surface area contributed by atoms with Gasteiger partial charge in [-0.1, -0.05) is 6.07 Å². The number of carbonyl (C=O) groups is 1. The molecule has 6 nitrogen and oxygen atoms in total. The summed E-state index contributed by atoms with van der Waals surface area (Å²) >= 11 is 0. The van der Waals surface area contributed by atoms with Crippen LogP contribution in [-0.4, -0.2) is 41.4 Å². The third-order valence-corrected chi connectivity index (χ3v) is 3.59. The van der Waals surface area contributed by atoms with Gasteiger partial charge in [0.1, 0.15) is 0 Å². The van der Waals surface area contributed by atoms with Crippen molar-refractivity contribution in [2.45, 2.75) is 26.4 Å². The van der Waals surface area contributed by atoms with E-state index < -0.39 is 5.82 Å². The number of urea groups is 1. The summed E-state index contributed by atoms with van der Waals surface area (Å²) in [5, 5.41) is 7.04. The molecule has 1 aromatic heterocycles. The van der Waals surface area contributed by atoms with Crippen LogP contribution in [0.3, 0.4) is 0 Å². The largest absolute Gasteiger partial charge is 0.494 e. The van der Waals surface area contributed by atoms with Crippen molar-refractivity contribution in [1.29, 1.82) is 0 Å². The Balaban J connectivity index is 1.74. The molecule has 2 amide bonds. The maximum Gasteiger partial charge on any atom is 0.317 e. The van der Waals surface area contributed by atoms with E-state index in [9.17, 15) is 9.18 Å². The fraction of sp³-hybridized carbons (Fsp3) is 0.412. The molecule has 130 valence electrons. The Bertz CT molecular complexity index is 687. The molecule has 0 spiro atoms. The van der Waals surface area contributed by atoms with Crippen LogP contribution in [-0.2, 0) is 13.1 Å². The van der Waals surface area contributed by atoms with Gasteiger partial charge < -0.3 is 15.0 Å². The second kappa shape index (κ2) is 8.33. The maximum absolute atomic E-state index is 13.7. The van der Waals surface area contributed by atoms with Crippen molar-refractivity contribution in [3.05, 3.63) is 47.5 Å². The molecule has 0 saturated heterocycles. The predicted octanol–water partition coefficient (Wildman–Crippen LogP) is 2.57. The van der Waals surface area contributed by atoms with E-state index in [1.165, 1.54) is 18.1 Å². The summed E-state index contributed by atoms with van der Waals surface area (Å²) < 4.78 is 20.4. The minimum atomic E-state index is -0.432. The van der Waals surface area contributed by atoms with Crippen LogP contribution in [0, 0.1) is 12.7 Å². The number of nitrogens with one attached hydrogen (secondary N) is 1. The van der Waals surface area contributed by atoms with Gasteiger partial charge in [0.15, 0.2) is 11.6 Å². The van der Waals surface area contributed by atoms with Crippen molar-refractivity contribution in [2.75, 3.05) is 20.7 Å². The van der Waals surface area contributed by atoms with Crippen LogP contribution >= 0.6 is 0 Å². The number of carbonyl (C=O) groups excluding carboxylic acids is 1. The summed E-state index contributed by atoms with van der Waals surface area (Å²) in [7, 11) is 3.09. The molecule has 24 heavy (non-hydrogen) atoms. The molecule has 1 N–H and O–H groups in total. The highest BCUT2D eigenvalue weighted by atomic mass is 19.1. The molecular weight excluding hydrogens is 311 g/mol. The number of methoxy groups -OCH3 is 1. The van der Waals surface area contributed by atoms with E-state index in [4.69, 9.17) is 4.74 Å². The lowest BCUT2D eigenvalue weighted by Gasteiger charge is -2.18. The Kier molecular flexibility index (Phi) is 6.17. The van der Waals surface area contributed by atoms with Gasteiger partial charge in [0.2, 0.25) is 0 Å². The number of aryl methyl sites for hydroxylation is 2. The van der Waals surface area contributed by atoms with Crippen LogP contribution in [0.25, 0.3) is 0 Å². The average molecular weight is 334 g/mol. The molecule has 0 aliphatic rings. The van der Waals surface area contributed by atoms with E-state index in [0.29, 0.717) is 18.7 Å². The fourth-order valence-corrected chi connectivity index (χ4v) is 2.31. The summed E-state index contributed by atoms with van der Waals surface area (Å²) in [6.45, 7) is 3.62. The molecule has 0 radical (unpaired) electrons. The van der Waals surface area contributed by atoms with Gasteiger partial charge >= 0.3 is 6.03 Å². The van der Waals surface area contributed by atoms with Gasteiger partial charge in [0.25, 0.3) is 0 Å². The second-order valence-electron chi connectivity index (χ2n) is 5.69. The van der Waals surface area contributed by atoms with Crippen molar-refractivity contribution in [2.24, 2.45) is 0 Å². The number of amides is 2. The van der Waals surface area contributed by atoms with Crippen LogP contribution in [0.1, 0.15) is 17.5 Å². The molecule has 0 unspecified atom stereocenters. The molecule has 0 saturated carbocycles. The average Bonchev–Trinajstić information content (AvgIpc) is 2.97. The lowest BCUT2D eigenvalue weighted by molar-refractivity contribution is 0.206. The quantitative estimate of drug-likeness (QED) is 0.792. The molecule has 1 aromatic carbocycles. The summed E-state index contributed by atoms with van der Waals surface area (Å²) in [6, 6.07) is 4.49. The Morgan fingerprint density at radius 1 is 1.46 bits per heavy atom. The lowest BCUT2D eigenvalue weighted by atomic mass is 10.2. The number of rotatable bonds is 7. The first-order chi connectivity index (χ1) is 11.5. The van der Waals surface area contributed by atoms with Gasteiger partial charge in [-0.2, -0.15) is 5.10 Å². The predicted molar refractivity (Wildman–Crippen MR) is 89.4 cm³/mol. The van der Waals surface area contributed by atoms with Crippen LogP contribution < -0.4 is 10.1 Å². The van der Waals surface area contributed by atoms with Crippen LogP contribution in [0.5, 0.6) is 5.75 Å². The molecule has 2 aromatic rings. The van der Waals surface area contributed by atoms with Crippen LogP contribution in [0.4, 0.5) is 9.18 Å². The first-order valence-corrected chi connectivity index (χ1v) is 7.80. The SMILES string of the molecule is COc1ccc(CN(C)C(=O)NCCCn2cc(C)cn2)cc1F. The van der Waals surface area contributed by atoms with Gasteiger partial charge in [0, 0.05) is 32.9 Å². The van der Waals surface area contributed by atoms with Gasteiger partial charge in [0.05, 0.1) is 13.3 Å². The third-order valence-electron chi connectivity index (χ3n) is 3.59. The number of aromatic nitrogens is 2. The van der Waals surface area contributed by atoms with E-state index in [2.05, 4.69) is 10.4 Å². The molecule has 7 heteroatoms. The highest BCUT2D eigenvalue weighted by Crippen LogP contribution is 2.18. The number of hydrogen-bond acceptors (Lipinski definition) is 3. The Labute approximate surface area is 141 Å². The van der Waals surface area contributed by atoms with Crippen molar-refractivity contribution in [1.82, 2.24) is 20.0 Å². The Morgan fingerprint density at radius 2 is 2.25 bits per heavy atom. The zero-order valence-corrected chi connectivity index (χ0v) is 14.3. The van der Waals surface area contributed by atoms with Crippen LogP contribution in [0.15, 0.2) is 30.6 Å². The molecule has 0 fully saturated rings. The van der Waals surface area contributed by atoms with Gasteiger partial charge in [-0.25, -0.2) is 9.18 Å². The van der Waals surface area contributed by atoms with Crippen molar-refractivity contribution < 1.29 is 13.9 Å². The minimum Gasteiger partial charge on any atom is -0.494 e. The maximum atomic E-state index is 13.7. The van der Waals surface area contributed by atoms with E-state index in [1.807, 2.05) is 17.8 Å². The molecule has 1 heterocycles. The molecule has 2 rings (SSSR count). The zero-order chi connectivity index (χ0) is 17.5. The molecule has 0 bridgehead atoms. The number of halogens is 1. The second-order valence-corrected chi connectivity index (χ2v) is 5.69. The molecule has 0 aliphatic carbocycles. The Morgan fingerprint density at radius 3 is 2.88 bits per heavy atom. The summed E-state index contributed by atoms with van der Waals surface area (Å²) in [5.74, 6) is -0.238. The number of hydrogen-bond donors (Lipinski definition) is 1. The van der Waals surface area contributed by atoms with Gasteiger partial charge in [-0.05, 0) is 36.6 Å². The highest BCUT2D eigenvalue weighted by Gasteiger charge is 2.10. The van der Waals surface area contributed by atoms with E-state index >= 15 is 0 Å². The fourth-order valence-electron chi connectivity index (χ4n) is 2.31. The number of ether oxygens (including phenoxy) is 1. The molecule has 0 aliphatic heterocycles. The molecular formula is C17H23FN4O2. The molecule has 0 atom stereocenters. The lowest BCUT2D eigenvalue weighted by Crippen LogP contribution is -2.37. The van der Waals surface area contributed by atoms with Crippen molar-refractivity contribution in [3.63, 3.8) is 0 Å².